The van der Waals surface area contributed by atoms with Crippen LogP contribution in [-0.2, 0) is 14.3 Å². The fourth-order valence-corrected chi connectivity index (χ4v) is 4.35. The molecular formula is C17H11BrClNO5S2. The zero-order valence-electron chi connectivity index (χ0n) is 13.7. The number of benzene rings is 1. The normalized spacial score (nSPS) is 15.7. The van der Waals surface area contributed by atoms with Crippen LogP contribution < -0.4 is 0 Å². The van der Waals surface area contributed by atoms with Crippen molar-refractivity contribution in [3.05, 3.63) is 50.5 Å². The number of carbonyl (C=O) groups excluding carboxylic acids is 3. The van der Waals surface area contributed by atoms with Crippen LogP contribution in [0.4, 0.5) is 4.79 Å². The summed E-state index contributed by atoms with van der Waals surface area (Å²) in [5.41, 5.74) is 0. The van der Waals surface area contributed by atoms with Gasteiger partial charge in [-0.2, -0.15) is 0 Å². The Morgan fingerprint density at radius 3 is 2.74 bits per heavy atom. The predicted octanol–water partition coefficient (Wildman–Crippen LogP) is 5.06. The Kier molecular flexibility index (Phi) is 6.36. The third kappa shape index (κ3) is 4.78. The van der Waals surface area contributed by atoms with Crippen molar-refractivity contribution >= 4 is 74.2 Å². The molecule has 1 aromatic carbocycles. The molecule has 0 saturated carbocycles. The molecule has 140 valence electrons. The van der Waals surface area contributed by atoms with Crippen molar-refractivity contribution in [3.8, 4) is 0 Å². The number of hydrogen-bond donors (Lipinski definition) is 0. The van der Waals surface area contributed by atoms with Gasteiger partial charge in [-0.05, 0) is 58.0 Å². The molecule has 1 fully saturated rings. The summed E-state index contributed by atoms with van der Waals surface area (Å²) in [7, 11) is 1.19. The predicted molar refractivity (Wildman–Crippen MR) is 107 cm³/mol. The van der Waals surface area contributed by atoms with Gasteiger partial charge < -0.3 is 9.15 Å². The zero-order chi connectivity index (χ0) is 19.6. The molecule has 0 atom stereocenters. The average Bonchev–Trinajstić information content (AvgIpc) is 3.11. The van der Waals surface area contributed by atoms with Gasteiger partial charge in [0.2, 0.25) is 0 Å². The Balaban J connectivity index is 1.77. The molecule has 27 heavy (non-hydrogen) atoms. The van der Waals surface area contributed by atoms with Gasteiger partial charge in [0, 0.05) is 16.0 Å². The second kappa shape index (κ2) is 8.55. The van der Waals surface area contributed by atoms with Gasteiger partial charge in [0.25, 0.3) is 11.1 Å². The maximum Gasteiger partial charge on any atom is 0.325 e. The van der Waals surface area contributed by atoms with Gasteiger partial charge in [0.1, 0.15) is 12.3 Å². The molecular weight excluding hydrogens is 478 g/mol. The number of nitrogens with zero attached hydrogens (tertiary/aromatic N) is 1. The van der Waals surface area contributed by atoms with E-state index in [9.17, 15) is 14.4 Å². The van der Waals surface area contributed by atoms with Crippen LogP contribution in [0.25, 0.3) is 6.08 Å². The van der Waals surface area contributed by atoms with Crippen LogP contribution in [0.2, 0.25) is 5.02 Å². The molecule has 2 heterocycles. The Hall–Kier alpha value is -1.68. The first-order valence-electron chi connectivity index (χ1n) is 7.42. The number of rotatable bonds is 5. The van der Waals surface area contributed by atoms with Crippen molar-refractivity contribution in [2.45, 2.75) is 9.99 Å². The van der Waals surface area contributed by atoms with Crippen LogP contribution in [0.5, 0.6) is 0 Å². The van der Waals surface area contributed by atoms with Gasteiger partial charge in [0.05, 0.1) is 16.5 Å². The van der Waals surface area contributed by atoms with Crippen LogP contribution in [0.3, 0.4) is 0 Å². The van der Waals surface area contributed by atoms with E-state index in [-0.39, 0.29) is 4.91 Å². The van der Waals surface area contributed by atoms with Gasteiger partial charge >= 0.3 is 5.97 Å². The zero-order valence-corrected chi connectivity index (χ0v) is 17.7. The summed E-state index contributed by atoms with van der Waals surface area (Å²) < 4.78 is 11.0. The van der Waals surface area contributed by atoms with Crippen LogP contribution >= 0.6 is 51.1 Å². The van der Waals surface area contributed by atoms with Crippen LogP contribution in [0.1, 0.15) is 5.76 Å². The summed E-state index contributed by atoms with van der Waals surface area (Å²) in [4.78, 5) is 37.5. The molecule has 3 rings (SSSR count). The number of furan rings is 1. The summed E-state index contributed by atoms with van der Waals surface area (Å²) in [5.74, 6) is -0.822. The lowest BCUT2D eigenvalue weighted by molar-refractivity contribution is -0.143. The molecule has 2 amide bonds. The van der Waals surface area contributed by atoms with Gasteiger partial charge in [0.15, 0.2) is 5.09 Å². The van der Waals surface area contributed by atoms with E-state index in [4.69, 9.17) is 16.0 Å². The number of ether oxygens (including phenoxy) is 1. The van der Waals surface area contributed by atoms with Crippen molar-refractivity contribution in [3.63, 3.8) is 0 Å². The van der Waals surface area contributed by atoms with E-state index >= 15 is 0 Å². The molecule has 6 nitrogen and oxygen atoms in total. The van der Waals surface area contributed by atoms with Crippen LogP contribution in [0.15, 0.2) is 54.1 Å². The third-order valence-corrected chi connectivity index (χ3v) is 6.37. The molecule has 10 heteroatoms. The smallest absolute Gasteiger partial charge is 0.325 e. The number of esters is 1. The van der Waals surface area contributed by atoms with Gasteiger partial charge in [-0.15, -0.1) is 0 Å². The van der Waals surface area contributed by atoms with E-state index in [1.165, 1.54) is 24.9 Å². The first-order chi connectivity index (χ1) is 12.9. The first kappa shape index (κ1) is 20.1. The molecule has 0 unspecified atom stereocenters. The SMILES string of the molecule is COC(=O)CN1C(=O)SC(=Cc2cc(Br)c(Sc3ccc(Cl)cc3)o2)C1=O. The minimum Gasteiger partial charge on any atom is -0.468 e. The molecule has 1 saturated heterocycles. The molecule has 0 aliphatic carbocycles. The standard InChI is InChI=1S/C17H11BrClNO5S2/c1-24-14(21)8-20-15(22)13(27-17(20)23)7-10-6-12(18)16(25-10)26-11-4-2-9(19)3-5-11/h2-7H,8H2,1H3. The molecule has 1 aliphatic rings. The Morgan fingerprint density at radius 1 is 1.37 bits per heavy atom. The van der Waals surface area contributed by atoms with E-state index in [0.717, 1.165) is 21.6 Å². The number of methoxy groups -OCH3 is 1. The molecule has 0 spiro atoms. The highest BCUT2D eigenvalue weighted by atomic mass is 79.9. The van der Waals surface area contributed by atoms with Gasteiger partial charge in [-0.25, -0.2) is 0 Å². The summed E-state index contributed by atoms with van der Waals surface area (Å²) in [6, 6.07) is 8.98. The van der Waals surface area contributed by atoms with Gasteiger partial charge in [-0.1, -0.05) is 23.4 Å². The largest absolute Gasteiger partial charge is 0.468 e. The van der Waals surface area contributed by atoms with E-state index in [2.05, 4.69) is 20.7 Å². The average molecular weight is 489 g/mol. The Labute approximate surface area is 176 Å². The lowest BCUT2D eigenvalue weighted by Crippen LogP contribution is -2.34. The second-order valence-electron chi connectivity index (χ2n) is 5.18. The monoisotopic (exact) mass is 487 g/mol. The Morgan fingerprint density at radius 2 is 2.07 bits per heavy atom. The van der Waals surface area contributed by atoms with Crippen LogP contribution in [-0.4, -0.2) is 35.7 Å². The third-order valence-electron chi connectivity index (χ3n) is 3.36. The molecule has 0 N–H and O–H groups in total. The quantitative estimate of drug-likeness (QED) is 0.430. The fraction of sp³-hybridized carbons (Fsp3) is 0.118. The number of thioether (sulfide) groups is 1. The number of hydrogen-bond acceptors (Lipinski definition) is 7. The highest BCUT2D eigenvalue weighted by Crippen LogP contribution is 2.38. The van der Waals surface area contributed by atoms with Crippen molar-refractivity contribution in [2.75, 3.05) is 13.7 Å². The van der Waals surface area contributed by atoms with Crippen molar-refractivity contribution in [1.29, 1.82) is 0 Å². The molecule has 1 aliphatic heterocycles. The topological polar surface area (TPSA) is 76.8 Å². The van der Waals surface area contributed by atoms with Gasteiger partial charge in [-0.3, -0.25) is 19.3 Å². The molecule has 1 aromatic heterocycles. The lowest BCUT2D eigenvalue weighted by atomic mass is 10.3. The van der Waals surface area contributed by atoms with E-state index in [0.29, 0.717) is 20.3 Å². The maximum absolute atomic E-state index is 12.3. The number of amides is 2. The van der Waals surface area contributed by atoms with E-state index in [1.54, 1.807) is 18.2 Å². The maximum atomic E-state index is 12.3. The van der Waals surface area contributed by atoms with E-state index in [1.807, 2.05) is 12.1 Å². The highest BCUT2D eigenvalue weighted by Gasteiger charge is 2.36. The summed E-state index contributed by atoms with van der Waals surface area (Å²) in [5, 5.41) is 0.705. The van der Waals surface area contributed by atoms with Crippen molar-refractivity contribution < 1.29 is 23.5 Å². The van der Waals surface area contributed by atoms with E-state index < -0.39 is 23.7 Å². The summed E-state index contributed by atoms with van der Waals surface area (Å²) >= 11 is 11.4. The molecule has 0 bridgehead atoms. The number of imide groups is 1. The Bertz CT molecular complexity index is 941. The second-order valence-corrected chi connectivity index (χ2v) is 8.51. The number of carbonyl (C=O) groups is 3. The van der Waals surface area contributed by atoms with Crippen LogP contribution in [0, 0.1) is 0 Å². The minimum absolute atomic E-state index is 0.174. The van der Waals surface area contributed by atoms with Crippen molar-refractivity contribution in [2.24, 2.45) is 0 Å². The van der Waals surface area contributed by atoms with Crippen molar-refractivity contribution in [1.82, 2.24) is 4.90 Å². The summed E-state index contributed by atoms with van der Waals surface area (Å²) in [6.07, 6.45) is 1.47. The first-order valence-corrected chi connectivity index (χ1v) is 10.2. The highest BCUT2D eigenvalue weighted by molar-refractivity contribution is 9.10. The number of halogens is 2. The fourth-order valence-electron chi connectivity index (χ4n) is 2.08. The molecule has 2 aromatic rings. The minimum atomic E-state index is -0.666. The lowest BCUT2D eigenvalue weighted by Gasteiger charge is -2.09. The molecule has 0 radical (unpaired) electrons. The summed E-state index contributed by atoms with van der Waals surface area (Å²) in [6.45, 7) is -0.419.